The van der Waals surface area contributed by atoms with E-state index in [1.165, 1.54) is 10.8 Å². The van der Waals surface area contributed by atoms with Crippen molar-refractivity contribution in [2.45, 2.75) is 0 Å². The molecule has 0 aliphatic heterocycles. The van der Waals surface area contributed by atoms with E-state index in [0.29, 0.717) is 5.56 Å². The van der Waals surface area contributed by atoms with Crippen molar-refractivity contribution in [2.75, 3.05) is 0 Å². The maximum atomic E-state index is 12.4. The molecule has 0 bridgehead atoms. The molecule has 0 spiro atoms. The van der Waals surface area contributed by atoms with Crippen molar-refractivity contribution in [3.05, 3.63) is 102 Å². The van der Waals surface area contributed by atoms with Crippen molar-refractivity contribution in [1.29, 1.82) is 0 Å². The lowest BCUT2D eigenvalue weighted by Crippen LogP contribution is -1.93. The zero-order valence-electron chi connectivity index (χ0n) is 13.1. The molecule has 4 rings (SSSR count). The Morgan fingerprint density at radius 2 is 1.21 bits per heavy atom. The van der Waals surface area contributed by atoms with Crippen LogP contribution < -0.4 is 0 Å². The summed E-state index contributed by atoms with van der Waals surface area (Å²) in [6.45, 7) is 0. The number of carbonyl (C=O) groups is 1. The van der Waals surface area contributed by atoms with Gasteiger partial charge in [-0.25, -0.2) is 0 Å². The molecule has 4 aromatic rings. The van der Waals surface area contributed by atoms with Crippen LogP contribution >= 0.6 is 0 Å². The average Bonchev–Trinajstić information content (AvgIpc) is 2.65. The van der Waals surface area contributed by atoms with Crippen LogP contribution in [0.3, 0.4) is 0 Å². The Labute approximate surface area is 140 Å². The highest BCUT2D eigenvalue weighted by Crippen LogP contribution is 2.18. The summed E-state index contributed by atoms with van der Waals surface area (Å²) in [7, 11) is 0. The molecular weight excluding hydrogens is 292 g/mol. The lowest BCUT2D eigenvalue weighted by molar-refractivity contribution is 0.104. The van der Waals surface area contributed by atoms with Gasteiger partial charge >= 0.3 is 0 Å². The van der Waals surface area contributed by atoms with Crippen LogP contribution in [0.15, 0.2) is 91.0 Å². The second kappa shape index (κ2) is 6.13. The molecule has 1 nitrogen and oxygen atoms in total. The maximum Gasteiger partial charge on any atom is 0.185 e. The molecule has 0 atom stereocenters. The van der Waals surface area contributed by atoms with Crippen molar-refractivity contribution < 1.29 is 4.79 Å². The van der Waals surface area contributed by atoms with Crippen LogP contribution in [0.25, 0.3) is 27.6 Å². The van der Waals surface area contributed by atoms with E-state index in [1.807, 2.05) is 60.7 Å². The zero-order chi connectivity index (χ0) is 16.4. The van der Waals surface area contributed by atoms with Gasteiger partial charge in [0.2, 0.25) is 0 Å². The summed E-state index contributed by atoms with van der Waals surface area (Å²) in [4.78, 5) is 12.4. The van der Waals surface area contributed by atoms with Gasteiger partial charge in [-0.2, -0.15) is 0 Å². The van der Waals surface area contributed by atoms with E-state index in [-0.39, 0.29) is 5.78 Å². The molecular formula is C23H16O. The van der Waals surface area contributed by atoms with Crippen LogP contribution in [0, 0.1) is 0 Å². The molecule has 1 heteroatoms. The van der Waals surface area contributed by atoms with Gasteiger partial charge in [-0.1, -0.05) is 78.9 Å². The van der Waals surface area contributed by atoms with E-state index >= 15 is 0 Å². The third-order valence-electron chi connectivity index (χ3n) is 4.23. The summed E-state index contributed by atoms with van der Waals surface area (Å²) in [5.41, 5.74) is 1.74. The number of rotatable bonds is 3. The molecule has 0 amide bonds. The maximum absolute atomic E-state index is 12.4. The lowest BCUT2D eigenvalue weighted by atomic mass is 10.0. The number of carbonyl (C=O) groups excluding carboxylic acids is 1. The Kier molecular flexibility index (Phi) is 3.68. The molecule has 24 heavy (non-hydrogen) atoms. The van der Waals surface area contributed by atoms with Gasteiger partial charge in [-0.05, 0) is 45.3 Å². The molecule has 0 radical (unpaired) electrons. The van der Waals surface area contributed by atoms with E-state index in [0.717, 1.165) is 16.3 Å². The Bertz CT molecular complexity index is 1070. The monoisotopic (exact) mass is 308 g/mol. The summed E-state index contributed by atoms with van der Waals surface area (Å²) in [5.74, 6) is 0.0221. The third kappa shape index (κ3) is 2.84. The van der Waals surface area contributed by atoms with Crippen molar-refractivity contribution in [3.63, 3.8) is 0 Å². The smallest absolute Gasteiger partial charge is 0.185 e. The fraction of sp³-hybridized carbons (Fsp3) is 0. The summed E-state index contributed by atoms with van der Waals surface area (Å²) in [6.07, 6.45) is 3.53. The fourth-order valence-electron chi connectivity index (χ4n) is 2.92. The van der Waals surface area contributed by atoms with E-state index < -0.39 is 0 Å². The molecule has 0 saturated carbocycles. The second-order valence-electron chi connectivity index (χ2n) is 5.87. The predicted octanol–water partition coefficient (Wildman–Crippen LogP) is 5.89. The van der Waals surface area contributed by atoms with Gasteiger partial charge in [-0.15, -0.1) is 0 Å². The van der Waals surface area contributed by atoms with Crippen LogP contribution in [-0.4, -0.2) is 5.78 Å². The number of ketones is 1. The highest BCUT2D eigenvalue weighted by molar-refractivity contribution is 6.08. The molecule has 0 unspecified atom stereocenters. The first kappa shape index (κ1) is 14.4. The summed E-state index contributed by atoms with van der Waals surface area (Å²) < 4.78 is 0. The Morgan fingerprint density at radius 1 is 0.625 bits per heavy atom. The average molecular weight is 308 g/mol. The van der Waals surface area contributed by atoms with Crippen molar-refractivity contribution in [3.8, 4) is 0 Å². The Morgan fingerprint density at radius 3 is 1.92 bits per heavy atom. The molecule has 0 N–H and O–H groups in total. The van der Waals surface area contributed by atoms with Crippen LogP contribution in [0.5, 0.6) is 0 Å². The molecule has 0 heterocycles. The van der Waals surface area contributed by atoms with E-state index in [4.69, 9.17) is 0 Å². The number of hydrogen-bond acceptors (Lipinski definition) is 1. The standard InChI is InChI=1S/C23H16O/c24-23(22-13-12-19-6-2-4-8-21(19)16-22)14-10-17-9-11-18-5-1-3-7-20(18)15-17/h1-16H/b14-10+. The van der Waals surface area contributed by atoms with E-state index in [9.17, 15) is 4.79 Å². The molecule has 0 aliphatic rings. The normalized spacial score (nSPS) is 11.3. The first-order valence-electron chi connectivity index (χ1n) is 8.00. The van der Waals surface area contributed by atoms with Crippen LogP contribution in [-0.2, 0) is 0 Å². The third-order valence-corrected chi connectivity index (χ3v) is 4.23. The molecule has 0 fully saturated rings. The number of fused-ring (bicyclic) bond motifs is 2. The minimum atomic E-state index is 0.0221. The van der Waals surface area contributed by atoms with Gasteiger partial charge in [0, 0.05) is 5.56 Å². The SMILES string of the molecule is O=C(/C=C/c1ccc2ccccc2c1)c1ccc2ccccc2c1. The van der Waals surface area contributed by atoms with Crippen molar-refractivity contribution >= 4 is 33.4 Å². The van der Waals surface area contributed by atoms with Crippen LogP contribution in [0.4, 0.5) is 0 Å². The highest BCUT2D eigenvalue weighted by atomic mass is 16.1. The van der Waals surface area contributed by atoms with Crippen molar-refractivity contribution in [2.24, 2.45) is 0 Å². The summed E-state index contributed by atoms with van der Waals surface area (Å²) in [5, 5.41) is 4.61. The molecule has 0 aliphatic carbocycles. The Balaban J connectivity index is 1.62. The van der Waals surface area contributed by atoms with Gasteiger partial charge in [0.25, 0.3) is 0 Å². The molecule has 0 saturated heterocycles. The number of hydrogen-bond donors (Lipinski definition) is 0. The van der Waals surface area contributed by atoms with E-state index in [2.05, 4.69) is 30.3 Å². The van der Waals surface area contributed by atoms with Gasteiger partial charge < -0.3 is 0 Å². The first-order valence-corrected chi connectivity index (χ1v) is 8.00. The van der Waals surface area contributed by atoms with Gasteiger partial charge in [-0.3, -0.25) is 4.79 Å². The largest absolute Gasteiger partial charge is 0.289 e. The molecule has 114 valence electrons. The van der Waals surface area contributed by atoms with Crippen LogP contribution in [0.2, 0.25) is 0 Å². The minimum absolute atomic E-state index is 0.0221. The minimum Gasteiger partial charge on any atom is -0.289 e. The quantitative estimate of drug-likeness (QED) is 0.341. The molecule has 0 aromatic heterocycles. The first-order chi connectivity index (χ1) is 11.8. The molecule has 4 aromatic carbocycles. The summed E-state index contributed by atoms with van der Waals surface area (Å²) in [6, 6.07) is 28.3. The summed E-state index contributed by atoms with van der Waals surface area (Å²) >= 11 is 0. The predicted molar refractivity (Wildman–Crippen MR) is 101 cm³/mol. The lowest BCUT2D eigenvalue weighted by Gasteiger charge is -2.01. The fourth-order valence-corrected chi connectivity index (χ4v) is 2.92. The van der Waals surface area contributed by atoms with Gasteiger partial charge in [0.05, 0.1) is 0 Å². The number of allylic oxidation sites excluding steroid dienone is 1. The van der Waals surface area contributed by atoms with Gasteiger partial charge in [0.15, 0.2) is 5.78 Å². The highest BCUT2D eigenvalue weighted by Gasteiger charge is 2.03. The topological polar surface area (TPSA) is 17.1 Å². The second-order valence-corrected chi connectivity index (χ2v) is 5.87. The zero-order valence-corrected chi connectivity index (χ0v) is 13.1. The number of benzene rings is 4. The van der Waals surface area contributed by atoms with Gasteiger partial charge in [0.1, 0.15) is 0 Å². The Hall–Kier alpha value is -3.19. The van der Waals surface area contributed by atoms with Crippen LogP contribution in [0.1, 0.15) is 15.9 Å². The van der Waals surface area contributed by atoms with E-state index in [1.54, 1.807) is 6.08 Å². The van der Waals surface area contributed by atoms with Crippen molar-refractivity contribution in [1.82, 2.24) is 0 Å².